The zero-order valence-electron chi connectivity index (χ0n) is 14.8. The third kappa shape index (κ3) is 4.88. The molecule has 0 fully saturated rings. The molecule has 1 unspecified atom stereocenters. The molecule has 0 N–H and O–H groups in total. The summed E-state index contributed by atoms with van der Waals surface area (Å²) in [5.41, 5.74) is 2.01. The lowest BCUT2D eigenvalue weighted by Crippen LogP contribution is -2.11. The minimum atomic E-state index is -0.519. The molecule has 0 saturated heterocycles. The van der Waals surface area contributed by atoms with E-state index in [0.29, 0.717) is 16.3 Å². The van der Waals surface area contributed by atoms with Gasteiger partial charge >= 0.3 is 5.97 Å². The van der Waals surface area contributed by atoms with Gasteiger partial charge in [0.05, 0.1) is 34.0 Å². The molecular formula is C20H17N3O2S2. The van der Waals surface area contributed by atoms with Gasteiger partial charge in [-0.05, 0) is 49.6 Å². The molecule has 2 aromatic heterocycles. The van der Waals surface area contributed by atoms with E-state index in [0.717, 1.165) is 10.6 Å². The minimum Gasteiger partial charge on any atom is -0.459 e. The number of hydrogen-bond donors (Lipinski definition) is 0. The summed E-state index contributed by atoms with van der Waals surface area (Å²) in [6.45, 7) is 3.61. The molecule has 1 aromatic carbocycles. The van der Waals surface area contributed by atoms with Crippen LogP contribution in [0.3, 0.4) is 0 Å². The van der Waals surface area contributed by atoms with Crippen LogP contribution in [0.4, 0.5) is 5.69 Å². The van der Waals surface area contributed by atoms with Crippen LogP contribution in [-0.4, -0.2) is 23.3 Å². The number of thiophene rings is 1. The van der Waals surface area contributed by atoms with Crippen molar-refractivity contribution in [2.75, 3.05) is 0 Å². The van der Waals surface area contributed by atoms with Crippen molar-refractivity contribution in [3.05, 3.63) is 57.7 Å². The highest BCUT2D eigenvalue weighted by atomic mass is 32.1. The maximum atomic E-state index is 11.9. The number of carbonyl (C=O) groups excluding carboxylic acids is 1. The zero-order valence-corrected chi connectivity index (χ0v) is 16.5. The summed E-state index contributed by atoms with van der Waals surface area (Å²) in [5.74, 6) is -0.881. The molecule has 0 aliphatic carbocycles. The number of rotatable bonds is 6. The van der Waals surface area contributed by atoms with Crippen LogP contribution in [0.5, 0.6) is 0 Å². The molecule has 27 heavy (non-hydrogen) atoms. The lowest BCUT2D eigenvalue weighted by molar-refractivity contribution is 0.0378. The number of nitrogens with zero attached hydrogens (tertiary/aromatic N) is 3. The molecular weight excluding hydrogens is 378 g/mol. The molecule has 2 heterocycles. The summed E-state index contributed by atoms with van der Waals surface area (Å²) >= 11 is 3.06. The van der Waals surface area contributed by atoms with Crippen LogP contribution in [-0.2, 0) is 4.74 Å². The standard InChI is InChI=1S/C20H17N3O2S2/c1-13(2)25-20(24)14-5-7-16(8-6-14)22-11-15(10-21)19-23-17(12-27-19)18-4-3-9-26-18/h3-9,11-13,15H,1-2H3. The van der Waals surface area contributed by atoms with E-state index in [1.807, 2.05) is 22.9 Å². The average Bonchev–Trinajstić information content (AvgIpc) is 3.34. The summed E-state index contributed by atoms with van der Waals surface area (Å²) in [4.78, 5) is 21.8. The molecule has 0 saturated carbocycles. The second-order valence-corrected chi connectivity index (χ2v) is 7.77. The number of aromatic nitrogens is 1. The highest BCUT2D eigenvalue weighted by Gasteiger charge is 2.14. The molecule has 7 heteroatoms. The van der Waals surface area contributed by atoms with Gasteiger partial charge in [0.1, 0.15) is 10.9 Å². The summed E-state index contributed by atoms with van der Waals surface area (Å²) in [6.07, 6.45) is 1.42. The van der Waals surface area contributed by atoms with Crippen molar-refractivity contribution < 1.29 is 9.53 Å². The van der Waals surface area contributed by atoms with E-state index in [1.165, 1.54) is 11.3 Å². The van der Waals surface area contributed by atoms with Crippen LogP contribution >= 0.6 is 22.7 Å². The molecule has 0 radical (unpaired) electrons. The van der Waals surface area contributed by atoms with Crippen molar-refractivity contribution in [3.63, 3.8) is 0 Å². The normalized spacial score (nSPS) is 12.2. The fourth-order valence-electron chi connectivity index (χ4n) is 2.25. The molecule has 0 aliphatic heterocycles. The molecule has 1 atom stereocenters. The largest absolute Gasteiger partial charge is 0.459 e. The Morgan fingerprint density at radius 2 is 2.04 bits per heavy atom. The van der Waals surface area contributed by atoms with Crippen molar-refractivity contribution in [3.8, 4) is 16.6 Å². The maximum absolute atomic E-state index is 11.9. The van der Waals surface area contributed by atoms with E-state index in [2.05, 4.69) is 16.0 Å². The van der Waals surface area contributed by atoms with E-state index < -0.39 is 5.92 Å². The topological polar surface area (TPSA) is 75.3 Å². The highest BCUT2D eigenvalue weighted by Crippen LogP contribution is 2.29. The summed E-state index contributed by atoms with van der Waals surface area (Å²) in [6, 6.07) is 13.0. The van der Waals surface area contributed by atoms with Gasteiger partial charge < -0.3 is 4.74 Å². The number of nitriles is 1. The van der Waals surface area contributed by atoms with Crippen LogP contribution in [0.15, 0.2) is 52.2 Å². The molecule has 0 aliphatic rings. The van der Waals surface area contributed by atoms with Crippen molar-refractivity contribution >= 4 is 40.5 Å². The molecule has 5 nitrogen and oxygen atoms in total. The third-order valence-electron chi connectivity index (χ3n) is 3.52. The predicted molar refractivity (Wildman–Crippen MR) is 109 cm³/mol. The van der Waals surface area contributed by atoms with Crippen LogP contribution in [0.25, 0.3) is 10.6 Å². The van der Waals surface area contributed by atoms with E-state index >= 15 is 0 Å². The van der Waals surface area contributed by atoms with Crippen LogP contribution in [0, 0.1) is 11.3 Å². The number of benzene rings is 1. The van der Waals surface area contributed by atoms with Gasteiger partial charge in [-0.1, -0.05) is 6.07 Å². The zero-order chi connectivity index (χ0) is 19.2. The fraction of sp³-hybridized carbons (Fsp3) is 0.200. The Kier molecular flexibility index (Phi) is 6.12. The molecule has 3 rings (SSSR count). The quantitative estimate of drug-likeness (QED) is 0.411. The van der Waals surface area contributed by atoms with E-state index in [4.69, 9.17) is 4.74 Å². The van der Waals surface area contributed by atoms with Gasteiger partial charge in [0.25, 0.3) is 0 Å². The SMILES string of the molecule is CC(C)OC(=O)c1ccc(N=CC(C#N)c2nc(-c3cccs3)cs2)cc1. The third-order valence-corrected chi connectivity index (χ3v) is 5.34. The van der Waals surface area contributed by atoms with Crippen LogP contribution in [0.1, 0.15) is 35.1 Å². The van der Waals surface area contributed by atoms with E-state index in [1.54, 1.807) is 55.7 Å². The first-order valence-corrected chi connectivity index (χ1v) is 10.1. The second kappa shape index (κ2) is 8.71. The molecule has 0 spiro atoms. The van der Waals surface area contributed by atoms with Gasteiger partial charge in [-0.25, -0.2) is 9.78 Å². The molecule has 0 bridgehead atoms. The van der Waals surface area contributed by atoms with Crippen LogP contribution < -0.4 is 0 Å². The van der Waals surface area contributed by atoms with Crippen LogP contribution in [0.2, 0.25) is 0 Å². The first-order chi connectivity index (χ1) is 13.1. The number of carbonyl (C=O) groups is 1. The second-order valence-electron chi connectivity index (χ2n) is 5.93. The van der Waals surface area contributed by atoms with Gasteiger partial charge in [-0.3, -0.25) is 4.99 Å². The van der Waals surface area contributed by atoms with Crippen molar-refractivity contribution in [1.82, 2.24) is 4.98 Å². The van der Waals surface area contributed by atoms with Crippen molar-refractivity contribution in [2.45, 2.75) is 25.9 Å². The number of thiazole rings is 1. The fourth-order valence-corrected chi connectivity index (χ4v) is 3.83. The number of aliphatic imine (C=N–C) groups is 1. The van der Waals surface area contributed by atoms with Crippen molar-refractivity contribution in [2.24, 2.45) is 4.99 Å². The first kappa shape index (κ1) is 19.0. The Morgan fingerprint density at radius 3 is 2.67 bits per heavy atom. The lowest BCUT2D eigenvalue weighted by atomic mass is 10.2. The monoisotopic (exact) mass is 395 g/mol. The smallest absolute Gasteiger partial charge is 0.338 e. The minimum absolute atomic E-state index is 0.163. The van der Waals surface area contributed by atoms with E-state index in [9.17, 15) is 10.1 Å². The molecule has 136 valence electrons. The predicted octanol–water partition coefficient (Wildman–Crippen LogP) is 5.45. The molecule has 3 aromatic rings. The summed E-state index contributed by atoms with van der Waals surface area (Å²) in [7, 11) is 0. The Bertz CT molecular complexity index is 968. The number of ether oxygens (including phenoxy) is 1. The molecule has 0 amide bonds. The highest BCUT2D eigenvalue weighted by molar-refractivity contribution is 7.14. The Hall–Kier alpha value is -2.82. The maximum Gasteiger partial charge on any atom is 0.338 e. The Labute approximate surface area is 165 Å². The average molecular weight is 396 g/mol. The van der Waals surface area contributed by atoms with Gasteiger partial charge in [0, 0.05) is 11.6 Å². The first-order valence-electron chi connectivity index (χ1n) is 8.31. The van der Waals surface area contributed by atoms with Gasteiger partial charge in [-0.2, -0.15) is 5.26 Å². The summed E-state index contributed by atoms with van der Waals surface area (Å²) in [5, 5.41) is 14.1. The van der Waals surface area contributed by atoms with Gasteiger partial charge in [0.2, 0.25) is 0 Å². The van der Waals surface area contributed by atoms with E-state index in [-0.39, 0.29) is 12.1 Å². The summed E-state index contributed by atoms with van der Waals surface area (Å²) < 4.78 is 5.16. The number of esters is 1. The van der Waals surface area contributed by atoms with Gasteiger partial charge in [0.15, 0.2) is 0 Å². The van der Waals surface area contributed by atoms with Gasteiger partial charge in [-0.15, -0.1) is 22.7 Å². The Morgan fingerprint density at radius 1 is 1.26 bits per heavy atom. The Balaban J connectivity index is 1.70. The number of hydrogen-bond acceptors (Lipinski definition) is 7. The lowest BCUT2D eigenvalue weighted by Gasteiger charge is -2.07. The van der Waals surface area contributed by atoms with Crippen molar-refractivity contribution in [1.29, 1.82) is 5.26 Å².